The smallest absolute Gasteiger partial charge is 0.305 e. The number of aliphatic imine (C=N–C) groups is 1. The summed E-state index contributed by atoms with van der Waals surface area (Å²) >= 11 is 0. The summed E-state index contributed by atoms with van der Waals surface area (Å²) in [5.74, 6) is 2.05. The number of carbonyl (C=O) groups is 1. The molecule has 1 aliphatic heterocycles. The first-order chi connectivity index (χ1) is 14.6. The van der Waals surface area contributed by atoms with Gasteiger partial charge in [0.1, 0.15) is 5.75 Å². The monoisotopic (exact) mass is 419 g/mol. The molecule has 0 bridgehead atoms. The number of hydrogen-bond donors (Lipinski definition) is 2. The number of carbonyl (C=O) groups excluding carboxylic acids is 1. The predicted molar refractivity (Wildman–Crippen MR) is 119 cm³/mol. The summed E-state index contributed by atoms with van der Waals surface area (Å²) < 4.78 is 16.2. The van der Waals surface area contributed by atoms with Gasteiger partial charge in [-0.25, -0.2) is 0 Å². The average molecular weight is 420 g/mol. The van der Waals surface area contributed by atoms with Crippen LogP contribution in [0, 0.1) is 12.8 Å². The number of rotatable bonds is 12. The van der Waals surface area contributed by atoms with Crippen molar-refractivity contribution in [3.05, 3.63) is 29.3 Å². The molecule has 2 N–H and O–H groups in total. The molecule has 2 rings (SSSR count). The molecule has 1 unspecified atom stereocenters. The molecule has 7 heteroatoms. The van der Waals surface area contributed by atoms with Gasteiger partial charge in [-0.2, -0.15) is 0 Å². The van der Waals surface area contributed by atoms with Gasteiger partial charge in [-0.1, -0.05) is 25.0 Å². The van der Waals surface area contributed by atoms with E-state index < -0.39 is 0 Å². The average Bonchev–Trinajstić information content (AvgIpc) is 3.28. The van der Waals surface area contributed by atoms with Crippen LogP contribution in [0.1, 0.15) is 49.7 Å². The van der Waals surface area contributed by atoms with E-state index in [1.54, 1.807) is 7.05 Å². The van der Waals surface area contributed by atoms with Crippen LogP contribution < -0.4 is 15.4 Å². The van der Waals surface area contributed by atoms with E-state index in [1.165, 1.54) is 12.7 Å². The first-order valence-electron chi connectivity index (χ1n) is 10.9. The summed E-state index contributed by atoms with van der Waals surface area (Å²) in [5, 5.41) is 6.72. The molecule has 7 nitrogen and oxygen atoms in total. The fourth-order valence-electron chi connectivity index (χ4n) is 3.32. The summed E-state index contributed by atoms with van der Waals surface area (Å²) in [6, 6.07) is 6.31. The maximum atomic E-state index is 11.1. The number of unbranched alkanes of at least 4 members (excludes halogenated alkanes) is 3. The van der Waals surface area contributed by atoms with E-state index in [4.69, 9.17) is 9.47 Å². The Bertz CT molecular complexity index is 672. The minimum atomic E-state index is -0.131. The third-order valence-corrected chi connectivity index (χ3v) is 5.22. The predicted octanol–water partition coefficient (Wildman–Crippen LogP) is 3.20. The van der Waals surface area contributed by atoms with Gasteiger partial charge in [0.2, 0.25) is 0 Å². The molecule has 1 fully saturated rings. The van der Waals surface area contributed by atoms with Crippen molar-refractivity contribution in [3.63, 3.8) is 0 Å². The van der Waals surface area contributed by atoms with Crippen molar-refractivity contribution in [2.75, 3.05) is 40.5 Å². The number of esters is 1. The van der Waals surface area contributed by atoms with Gasteiger partial charge in [-0.3, -0.25) is 9.79 Å². The molecule has 0 aromatic heterocycles. The zero-order chi connectivity index (χ0) is 21.6. The van der Waals surface area contributed by atoms with Gasteiger partial charge in [0, 0.05) is 44.6 Å². The van der Waals surface area contributed by atoms with Crippen LogP contribution in [0.15, 0.2) is 23.2 Å². The molecule has 0 saturated carbocycles. The van der Waals surface area contributed by atoms with Gasteiger partial charge < -0.3 is 24.8 Å². The van der Waals surface area contributed by atoms with Crippen molar-refractivity contribution < 1.29 is 19.0 Å². The van der Waals surface area contributed by atoms with Gasteiger partial charge in [0.05, 0.1) is 20.3 Å². The first kappa shape index (κ1) is 24.0. The quantitative estimate of drug-likeness (QED) is 0.234. The van der Waals surface area contributed by atoms with E-state index in [9.17, 15) is 4.79 Å². The number of ether oxygens (including phenoxy) is 3. The summed E-state index contributed by atoms with van der Waals surface area (Å²) in [6.07, 6.45) is 5.58. The van der Waals surface area contributed by atoms with Crippen LogP contribution in [-0.2, 0) is 20.8 Å². The second-order valence-corrected chi connectivity index (χ2v) is 7.74. The van der Waals surface area contributed by atoms with Gasteiger partial charge in [0.25, 0.3) is 0 Å². The molecule has 1 heterocycles. The van der Waals surface area contributed by atoms with Gasteiger partial charge in [-0.15, -0.1) is 0 Å². The Hall–Kier alpha value is -2.28. The number of nitrogens with zero attached hydrogens (tertiary/aromatic N) is 1. The molecule has 1 saturated heterocycles. The summed E-state index contributed by atoms with van der Waals surface area (Å²) in [6.45, 7) is 5.89. The van der Waals surface area contributed by atoms with Gasteiger partial charge in [0.15, 0.2) is 5.96 Å². The molecule has 1 aromatic rings. The van der Waals surface area contributed by atoms with Crippen LogP contribution in [0.5, 0.6) is 5.75 Å². The molecule has 0 amide bonds. The normalized spacial score (nSPS) is 16.4. The van der Waals surface area contributed by atoms with Crippen LogP contribution in [0.25, 0.3) is 0 Å². The van der Waals surface area contributed by atoms with Crippen molar-refractivity contribution in [2.24, 2.45) is 10.9 Å². The highest BCUT2D eigenvalue weighted by Gasteiger charge is 2.17. The molecule has 1 atom stereocenters. The highest BCUT2D eigenvalue weighted by atomic mass is 16.5. The van der Waals surface area contributed by atoms with Crippen molar-refractivity contribution in [1.29, 1.82) is 0 Å². The third kappa shape index (κ3) is 9.03. The molecule has 1 aromatic carbocycles. The Labute approximate surface area is 180 Å². The first-order valence-corrected chi connectivity index (χ1v) is 10.9. The second-order valence-electron chi connectivity index (χ2n) is 7.74. The second kappa shape index (κ2) is 13.9. The van der Waals surface area contributed by atoms with Gasteiger partial charge in [-0.05, 0) is 37.8 Å². The lowest BCUT2D eigenvalue weighted by molar-refractivity contribution is -0.140. The van der Waals surface area contributed by atoms with Crippen LogP contribution in [0.3, 0.4) is 0 Å². The number of guanidine groups is 1. The molecule has 0 radical (unpaired) electrons. The zero-order valence-electron chi connectivity index (χ0n) is 18.7. The van der Waals surface area contributed by atoms with Crippen LogP contribution in [0.2, 0.25) is 0 Å². The molecule has 1 aliphatic rings. The zero-order valence-corrected chi connectivity index (χ0v) is 18.7. The van der Waals surface area contributed by atoms with Crippen molar-refractivity contribution >= 4 is 11.9 Å². The number of hydrogen-bond acceptors (Lipinski definition) is 5. The molecule has 0 aliphatic carbocycles. The number of methoxy groups -OCH3 is 1. The Morgan fingerprint density at radius 1 is 1.23 bits per heavy atom. The fourth-order valence-corrected chi connectivity index (χ4v) is 3.32. The maximum absolute atomic E-state index is 11.1. The highest BCUT2D eigenvalue weighted by molar-refractivity contribution is 5.79. The topological polar surface area (TPSA) is 81.2 Å². The van der Waals surface area contributed by atoms with E-state index in [0.29, 0.717) is 25.5 Å². The number of benzene rings is 1. The van der Waals surface area contributed by atoms with Crippen LogP contribution in [0.4, 0.5) is 0 Å². The molecule has 168 valence electrons. The Balaban J connectivity index is 1.70. The van der Waals surface area contributed by atoms with E-state index in [2.05, 4.69) is 45.5 Å². The summed E-state index contributed by atoms with van der Waals surface area (Å²) in [7, 11) is 3.21. The van der Waals surface area contributed by atoms with Gasteiger partial charge >= 0.3 is 5.97 Å². The molecule has 0 spiro atoms. The fraction of sp³-hybridized carbons (Fsp3) is 0.652. The number of nitrogens with one attached hydrogen (secondary N) is 2. The Morgan fingerprint density at radius 2 is 2.07 bits per heavy atom. The highest BCUT2D eigenvalue weighted by Crippen LogP contribution is 2.22. The van der Waals surface area contributed by atoms with E-state index in [1.807, 2.05) is 0 Å². The van der Waals surface area contributed by atoms with Crippen molar-refractivity contribution in [2.45, 2.75) is 52.0 Å². The van der Waals surface area contributed by atoms with E-state index in [0.717, 1.165) is 69.1 Å². The maximum Gasteiger partial charge on any atom is 0.305 e. The van der Waals surface area contributed by atoms with Crippen molar-refractivity contribution in [3.8, 4) is 5.75 Å². The van der Waals surface area contributed by atoms with E-state index in [-0.39, 0.29) is 5.97 Å². The largest absolute Gasteiger partial charge is 0.493 e. The number of aryl methyl sites for hydroxylation is 1. The van der Waals surface area contributed by atoms with Crippen molar-refractivity contribution in [1.82, 2.24) is 10.6 Å². The Kier molecular flexibility index (Phi) is 11.1. The lowest BCUT2D eigenvalue weighted by Gasteiger charge is -2.17. The minimum absolute atomic E-state index is 0.131. The summed E-state index contributed by atoms with van der Waals surface area (Å²) in [5.41, 5.74) is 2.30. The molecular formula is C23H37N3O4. The van der Waals surface area contributed by atoms with Crippen LogP contribution in [-0.4, -0.2) is 52.5 Å². The standard InChI is InChI=1S/C23H37N3O4/c1-18-9-10-20(21(14-18)30-17-19-11-13-29-16-19)15-26-23(24-2)25-12-7-5-4-6-8-22(27)28-3/h9-10,14,19H,4-8,11-13,15-17H2,1-3H3,(H2,24,25,26). The van der Waals surface area contributed by atoms with Crippen LogP contribution >= 0.6 is 0 Å². The minimum Gasteiger partial charge on any atom is -0.493 e. The lowest BCUT2D eigenvalue weighted by Crippen LogP contribution is -2.37. The SMILES string of the molecule is CN=C(NCCCCCCC(=O)OC)NCc1ccc(C)cc1OCC1CCOC1. The summed E-state index contributed by atoms with van der Waals surface area (Å²) in [4.78, 5) is 15.4. The third-order valence-electron chi connectivity index (χ3n) is 5.22. The molecule has 30 heavy (non-hydrogen) atoms. The van der Waals surface area contributed by atoms with E-state index >= 15 is 0 Å². The lowest BCUT2D eigenvalue weighted by atomic mass is 10.1. The Morgan fingerprint density at radius 3 is 2.80 bits per heavy atom. The molecular weight excluding hydrogens is 382 g/mol.